The highest BCUT2D eigenvalue weighted by atomic mass is 16.5. The van der Waals surface area contributed by atoms with Crippen LogP contribution < -0.4 is 0 Å². The van der Waals surface area contributed by atoms with Gasteiger partial charge in [-0.2, -0.15) is 5.10 Å². The van der Waals surface area contributed by atoms with Gasteiger partial charge in [-0.25, -0.2) is 9.78 Å². The molecular weight excluding hydrogens is 266 g/mol. The molecule has 1 N–H and O–H groups in total. The molecule has 2 aromatic rings. The summed E-state index contributed by atoms with van der Waals surface area (Å²) in [5, 5.41) is 7.12. The van der Waals surface area contributed by atoms with Gasteiger partial charge in [0.05, 0.1) is 12.7 Å². The van der Waals surface area contributed by atoms with Gasteiger partial charge in [0.25, 0.3) is 0 Å². The van der Waals surface area contributed by atoms with E-state index in [1.165, 1.54) is 31.9 Å². The first kappa shape index (κ1) is 13.8. The third-order valence-electron chi connectivity index (χ3n) is 4.18. The Morgan fingerprint density at radius 2 is 2.10 bits per heavy atom. The van der Waals surface area contributed by atoms with Crippen LogP contribution in [0.15, 0.2) is 12.1 Å². The highest BCUT2D eigenvalue weighted by molar-refractivity contribution is 5.92. The van der Waals surface area contributed by atoms with Gasteiger partial charge in [0, 0.05) is 5.56 Å². The van der Waals surface area contributed by atoms with Gasteiger partial charge in [0.2, 0.25) is 0 Å². The molecule has 0 bridgehead atoms. The third kappa shape index (κ3) is 2.44. The van der Waals surface area contributed by atoms with Gasteiger partial charge < -0.3 is 4.74 Å². The van der Waals surface area contributed by atoms with Crippen LogP contribution in [0.5, 0.6) is 0 Å². The number of rotatable bonds is 3. The molecule has 0 aliphatic heterocycles. The maximum absolute atomic E-state index is 11.9. The smallest absolute Gasteiger partial charge is 0.338 e. The number of hydrogen-bond donors (Lipinski definition) is 1. The van der Waals surface area contributed by atoms with E-state index in [1.807, 2.05) is 19.9 Å². The second kappa shape index (κ2) is 5.31. The summed E-state index contributed by atoms with van der Waals surface area (Å²) < 4.78 is 4.87. The van der Waals surface area contributed by atoms with Crippen molar-refractivity contribution in [1.29, 1.82) is 0 Å². The fourth-order valence-electron chi connectivity index (χ4n) is 2.77. The molecule has 0 radical (unpaired) electrons. The van der Waals surface area contributed by atoms with Crippen LogP contribution in [0.2, 0.25) is 0 Å². The zero-order chi connectivity index (χ0) is 15.0. The second-order valence-corrected chi connectivity index (χ2v) is 5.62. The van der Waals surface area contributed by atoms with Crippen molar-refractivity contribution >= 4 is 5.97 Å². The topological polar surface area (TPSA) is 67.9 Å². The van der Waals surface area contributed by atoms with E-state index in [0.29, 0.717) is 17.3 Å². The van der Waals surface area contributed by atoms with E-state index in [4.69, 9.17) is 4.74 Å². The SMILES string of the molecule is COC(=O)c1cc(-c2n[nH]c(C)n2)c(C2CCC2)cc1C. The van der Waals surface area contributed by atoms with Crippen LogP contribution in [0.4, 0.5) is 0 Å². The van der Waals surface area contributed by atoms with E-state index in [1.54, 1.807) is 0 Å². The number of aryl methyl sites for hydroxylation is 2. The average Bonchev–Trinajstić information content (AvgIpc) is 2.83. The Morgan fingerprint density at radius 1 is 1.33 bits per heavy atom. The Balaban J connectivity index is 2.15. The maximum Gasteiger partial charge on any atom is 0.338 e. The van der Waals surface area contributed by atoms with E-state index in [2.05, 4.69) is 21.2 Å². The number of benzene rings is 1. The summed E-state index contributed by atoms with van der Waals surface area (Å²) >= 11 is 0. The lowest BCUT2D eigenvalue weighted by atomic mass is 9.77. The first-order valence-corrected chi connectivity index (χ1v) is 7.22. The summed E-state index contributed by atoms with van der Waals surface area (Å²) in [7, 11) is 1.40. The molecule has 21 heavy (non-hydrogen) atoms. The zero-order valence-electron chi connectivity index (χ0n) is 12.6. The van der Waals surface area contributed by atoms with Crippen molar-refractivity contribution in [3.63, 3.8) is 0 Å². The van der Waals surface area contributed by atoms with Crippen molar-refractivity contribution < 1.29 is 9.53 Å². The van der Waals surface area contributed by atoms with Crippen LogP contribution >= 0.6 is 0 Å². The van der Waals surface area contributed by atoms with E-state index in [9.17, 15) is 4.79 Å². The molecule has 1 aromatic carbocycles. The normalized spacial score (nSPS) is 14.8. The minimum absolute atomic E-state index is 0.318. The number of hydrogen-bond acceptors (Lipinski definition) is 4. The third-order valence-corrected chi connectivity index (χ3v) is 4.18. The molecular formula is C16H19N3O2. The highest BCUT2D eigenvalue weighted by Gasteiger charge is 2.26. The van der Waals surface area contributed by atoms with Crippen LogP contribution in [0.3, 0.4) is 0 Å². The van der Waals surface area contributed by atoms with Crippen LogP contribution in [0.25, 0.3) is 11.4 Å². The lowest BCUT2D eigenvalue weighted by molar-refractivity contribution is 0.0600. The van der Waals surface area contributed by atoms with Gasteiger partial charge in [-0.1, -0.05) is 12.5 Å². The van der Waals surface area contributed by atoms with Gasteiger partial charge >= 0.3 is 5.97 Å². The molecule has 0 atom stereocenters. The summed E-state index contributed by atoms with van der Waals surface area (Å²) in [4.78, 5) is 16.3. The van der Waals surface area contributed by atoms with Crippen LogP contribution in [0, 0.1) is 13.8 Å². The number of H-pyrrole nitrogens is 1. The molecule has 5 nitrogen and oxygen atoms in total. The zero-order valence-corrected chi connectivity index (χ0v) is 12.6. The predicted octanol–water partition coefficient (Wildman–Crippen LogP) is 3.14. The van der Waals surface area contributed by atoms with Gasteiger partial charge in [-0.05, 0) is 49.8 Å². The van der Waals surface area contributed by atoms with Crippen molar-refractivity contribution in [2.75, 3.05) is 7.11 Å². The first-order valence-electron chi connectivity index (χ1n) is 7.22. The molecule has 0 unspecified atom stereocenters. The largest absolute Gasteiger partial charge is 0.465 e. The van der Waals surface area contributed by atoms with E-state index in [-0.39, 0.29) is 5.97 Å². The van der Waals surface area contributed by atoms with Crippen molar-refractivity contribution in [2.45, 2.75) is 39.0 Å². The van der Waals surface area contributed by atoms with Gasteiger partial charge in [-0.3, -0.25) is 5.10 Å². The number of esters is 1. The van der Waals surface area contributed by atoms with Gasteiger partial charge in [0.1, 0.15) is 5.82 Å². The number of nitrogens with zero attached hydrogens (tertiary/aromatic N) is 2. The van der Waals surface area contributed by atoms with E-state index in [0.717, 1.165) is 17.0 Å². The molecule has 1 fully saturated rings. The lowest BCUT2D eigenvalue weighted by Gasteiger charge is -2.28. The van der Waals surface area contributed by atoms with Crippen LogP contribution in [0.1, 0.15) is 52.5 Å². The number of carbonyl (C=O) groups is 1. The summed E-state index contributed by atoms with van der Waals surface area (Å²) in [6, 6.07) is 3.97. The highest BCUT2D eigenvalue weighted by Crippen LogP contribution is 2.41. The molecule has 1 aliphatic carbocycles. The maximum atomic E-state index is 11.9. The van der Waals surface area contributed by atoms with Gasteiger partial charge in [0.15, 0.2) is 5.82 Å². The summed E-state index contributed by atoms with van der Waals surface area (Å²) in [6.07, 6.45) is 3.63. The van der Waals surface area contributed by atoms with E-state index < -0.39 is 0 Å². The molecule has 3 rings (SSSR count). The second-order valence-electron chi connectivity index (χ2n) is 5.62. The number of aromatic amines is 1. The number of aromatic nitrogens is 3. The Kier molecular flexibility index (Phi) is 3.49. The fourth-order valence-corrected chi connectivity index (χ4v) is 2.77. The van der Waals surface area contributed by atoms with Crippen LogP contribution in [-0.4, -0.2) is 28.3 Å². The monoisotopic (exact) mass is 285 g/mol. The molecule has 5 heteroatoms. The van der Waals surface area contributed by atoms with Crippen molar-refractivity contribution in [1.82, 2.24) is 15.2 Å². The molecule has 1 aliphatic rings. The Bertz CT molecular complexity index is 687. The lowest BCUT2D eigenvalue weighted by Crippen LogP contribution is -2.13. The Labute approximate surface area is 123 Å². The fraction of sp³-hybridized carbons (Fsp3) is 0.438. The standard InChI is InChI=1S/C16H19N3O2/c1-9-7-13(11-5-4-6-11)14(8-12(9)16(20)21-3)15-17-10(2)18-19-15/h7-8,11H,4-6H2,1-3H3,(H,17,18,19). The molecule has 0 amide bonds. The molecule has 0 spiro atoms. The molecule has 0 saturated heterocycles. The first-order chi connectivity index (χ1) is 10.1. The van der Waals surface area contributed by atoms with Gasteiger partial charge in [-0.15, -0.1) is 0 Å². The van der Waals surface area contributed by atoms with Crippen LogP contribution in [-0.2, 0) is 4.74 Å². The quantitative estimate of drug-likeness (QED) is 0.880. The molecule has 1 saturated carbocycles. The predicted molar refractivity (Wildman–Crippen MR) is 79.2 cm³/mol. The summed E-state index contributed by atoms with van der Waals surface area (Å²) in [5.41, 5.74) is 3.71. The number of nitrogens with one attached hydrogen (secondary N) is 1. The number of carbonyl (C=O) groups excluding carboxylic acids is 1. The number of ether oxygens (including phenoxy) is 1. The van der Waals surface area contributed by atoms with Crippen molar-refractivity contribution in [3.05, 3.63) is 34.6 Å². The minimum atomic E-state index is -0.318. The van der Waals surface area contributed by atoms with Crippen molar-refractivity contribution in [2.24, 2.45) is 0 Å². The number of methoxy groups -OCH3 is 1. The summed E-state index contributed by atoms with van der Waals surface area (Å²) in [6.45, 7) is 3.82. The molecule has 110 valence electrons. The summed E-state index contributed by atoms with van der Waals surface area (Å²) in [5.74, 6) is 1.65. The average molecular weight is 285 g/mol. The van der Waals surface area contributed by atoms with E-state index >= 15 is 0 Å². The Hall–Kier alpha value is -2.17. The molecule has 1 aromatic heterocycles. The molecule has 1 heterocycles. The van der Waals surface area contributed by atoms with Crippen molar-refractivity contribution in [3.8, 4) is 11.4 Å². The minimum Gasteiger partial charge on any atom is -0.465 e. The Morgan fingerprint density at radius 3 is 2.62 bits per heavy atom.